The van der Waals surface area contributed by atoms with Gasteiger partial charge in [0.1, 0.15) is 5.75 Å². The van der Waals surface area contributed by atoms with Crippen molar-refractivity contribution in [3.8, 4) is 5.75 Å². The lowest BCUT2D eigenvalue weighted by Gasteiger charge is -2.24. The molecule has 122 valence electrons. The van der Waals surface area contributed by atoms with Crippen LogP contribution in [0.4, 0.5) is 0 Å². The Morgan fingerprint density at radius 2 is 1.41 bits per heavy atom. The summed E-state index contributed by atoms with van der Waals surface area (Å²) in [6, 6.07) is 7.46. The van der Waals surface area contributed by atoms with E-state index in [-0.39, 0.29) is 11.7 Å². The molecule has 1 rings (SSSR count). The third-order valence-electron chi connectivity index (χ3n) is 2.43. The summed E-state index contributed by atoms with van der Waals surface area (Å²) in [5.74, 6) is 0.679. The maximum atomic E-state index is 12.4. The SMILES string of the molecule is COc1ccc(/C=C(/O[Si](C)(C)C)C(=O)O[Si](C)(C)C)cc1. The zero-order chi connectivity index (χ0) is 17.0. The molecule has 0 N–H and O–H groups in total. The third-order valence-corrected chi connectivity index (χ3v) is 4.06. The van der Waals surface area contributed by atoms with Gasteiger partial charge in [0.2, 0.25) is 16.6 Å². The van der Waals surface area contributed by atoms with E-state index in [2.05, 4.69) is 0 Å². The molecule has 1 aromatic rings. The summed E-state index contributed by atoms with van der Waals surface area (Å²) in [6.45, 7) is 12.0. The number of hydrogen-bond acceptors (Lipinski definition) is 4. The molecule has 0 aromatic heterocycles. The van der Waals surface area contributed by atoms with E-state index in [1.165, 1.54) is 0 Å². The van der Waals surface area contributed by atoms with Gasteiger partial charge in [0.15, 0.2) is 5.76 Å². The number of carbonyl (C=O) groups is 1. The van der Waals surface area contributed by atoms with Gasteiger partial charge < -0.3 is 13.6 Å². The monoisotopic (exact) mass is 338 g/mol. The van der Waals surface area contributed by atoms with E-state index in [1.807, 2.05) is 63.5 Å². The Balaban J connectivity index is 3.07. The van der Waals surface area contributed by atoms with Gasteiger partial charge in [-0.1, -0.05) is 12.1 Å². The van der Waals surface area contributed by atoms with Gasteiger partial charge >= 0.3 is 5.97 Å². The highest BCUT2D eigenvalue weighted by Gasteiger charge is 2.27. The molecular formula is C16H26O4Si2. The molecule has 22 heavy (non-hydrogen) atoms. The van der Waals surface area contributed by atoms with Crippen molar-refractivity contribution in [2.45, 2.75) is 39.3 Å². The summed E-state index contributed by atoms with van der Waals surface area (Å²) >= 11 is 0. The Bertz CT molecular complexity index is 537. The van der Waals surface area contributed by atoms with Crippen LogP contribution < -0.4 is 4.74 Å². The second-order valence-corrected chi connectivity index (χ2v) is 15.9. The van der Waals surface area contributed by atoms with Crippen LogP contribution in [0, 0.1) is 0 Å². The Morgan fingerprint density at radius 1 is 0.909 bits per heavy atom. The van der Waals surface area contributed by atoms with Crippen molar-refractivity contribution >= 4 is 28.7 Å². The highest BCUT2D eigenvalue weighted by atomic mass is 28.4. The van der Waals surface area contributed by atoms with Crippen molar-refractivity contribution < 1.29 is 18.4 Å². The Morgan fingerprint density at radius 3 is 1.82 bits per heavy atom. The van der Waals surface area contributed by atoms with Crippen molar-refractivity contribution in [1.29, 1.82) is 0 Å². The minimum atomic E-state index is -1.97. The van der Waals surface area contributed by atoms with Gasteiger partial charge in [-0.15, -0.1) is 0 Å². The second-order valence-electron chi connectivity index (χ2n) is 7.00. The fraction of sp³-hybridized carbons (Fsp3) is 0.438. The summed E-state index contributed by atoms with van der Waals surface area (Å²) in [4.78, 5) is 12.4. The molecule has 0 saturated carbocycles. The zero-order valence-electron chi connectivity index (χ0n) is 14.5. The van der Waals surface area contributed by atoms with Crippen LogP contribution in [0.25, 0.3) is 6.08 Å². The molecule has 0 spiro atoms. The molecule has 0 saturated heterocycles. The van der Waals surface area contributed by atoms with Gasteiger partial charge in [0.05, 0.1) is 7.11 Å². The minimum Gasteiger partial charge on any atom is -0.539 e. The molecule has 0 aliphatic carbocycles. The Labute approximate surface area is 135 Å². The van der Waals surface area contributed by atoms with E-state index < -0.39 is 16.6 Å². The highest BCUT2D eigenvalue weighted by molar-refractivity contribution is 6.72. The molecule has 0 unspecified atom stereocenters. The molecule has 0 heterocycles. The van der Waals surface area contributed by atoms with Crippen LogP contribution in [0.1, 0.15) is 5.56 Å². The standard InChI is InChI=1S/C16H26O4Si2/c1-18-14-10-8-13(9-11-14)12-15(19-21(2,3)4)16(17)20-22(5,6)7/h8-12H,1-7H3/b15-12+. The fourth-order valence-corrected chi connectivity index (χ4v) is 3.10. The van der Waals surface area contributed by atoms with Crippen LogP contribution >= 0.6 is 0 Å². The molecule has 0 atom stereocenters. The van der Waals surface area contributed by atoms with Crippen LogP contribution in [0.3, 0.4) is 0 Å². The summed E-state index contributed by atoms with van der Waals surface area (Å²) in [6.07, 6.45) is 1.74. The lowest BCUT2D eigenvalue weighted by molar-refractivity contribution is -0.133. The molecule has 0 aliphatic heterocycles. The van der Waals surface area contributed by atoms with E-state index in [1.54, 1.807) is 13.2 Å². The quantitative estimate of drug-likeness (QED) is 0.441. The first-order chi connectivity index (χ1) is 10.00. The molecule has 0 bridgehead atoms. The molecule has 0 radical (unpaired) electrons. The predicted octanol–water partition coefficient (Wildman–Crippen LogP) is 4.27. The van der Waals surface area contributed by atoms with Crippen molar-refractivity contribution in [3.05, 3.63) is 35.6 Å². The van der Waals surface area contributed by atoms with Crippen LogP contribution in [-0.2, 0) is 13.6 Å². The number of hydrogen-bond donors (Lipinski definition) is 0. The van der Waals surface area contributed by atoms with Gasteiger partial charge in [-0.2, -0.15) is 0 Å². The van der Waals surface area contributed by atoms with E-state index in [0.717, 1.165) is 11.3 Å². The van der Waals surface area contributed by atoms with E-state index >= 15 is 0 Å². The molecule has 4 nitrogen and oxygen atoms in total. The maximum absolute atomic E-state index is 12.4. The highest BCUT2D eigenvalue weighted by Crippen LogP contribution is 2.19. The van der Waals surface area contributed by atoms with Crippen LogP contribution in [0.5, 0.6) is 5.75 Å². The predicted molar refractivity (Wildman–Crippen MR) is 94.8 cm³/mol. The van der Waals surface area contributed by atoms with E-state index in [0.29, 0.717) is 0 Å². The first-order valence-electron chi connectivity index (χ1n) is 7.28. The first-order valence-corrected chi connectivity index (χ1v) is 14.1. The summed E-state index contributed by atoms with van der Waals surface area (Å²) in [5.41, 5.74) is 0.876. The van der Waals surface area contributed by atoms with Crippen molar-refractivity contribution in [2.75, 3.05) is 7.11 Å². The van der Waals surface area contributed by atoms with Crippen molar-refractivity contribution in [2.24, 2.45) is 0 Å². The number of benzene rings is 1. The normalized spacial score (nSPS) is 12.8. The zero-order valence-corrected chi connectivity index (χ0v) is 16.5. The lowest BCUT2D eigenvalue weighted by Crippen LogP contribution is -2.33. The largest absolute Gasteiger partial charge is 0.539 e. The molecular weight excluding hydrogens is 312 g/mol. The number of ether oxygens (including phenoxy) is 1. The molecule has 0 fully saturated rings. The molecule has 6 heteroatoms. The maximum Gasteiger partial charge on any atom is 0.358 e. The van der Waals surface area contributed by atoms with Gasteiger partial charge in [0.25, 0.3) is 0 Å². The topological polar surface area (TPSA) is 44.8 Å². The number of methoxy groups -OCH3 is 1. The third kappa shape index (κ3) is 6.95. The van der Waals surface area contributed by atoms with Gasteiger partial charge in [-0.25, -0.2) is 4.79 Å². The summed E-state index contributed by atoms with van der Waals surface area (Å²) < 4.78 is 16.6. The van der Waals surface area contributed by atoms with E-state index in [4.69, 9.17) is 13.6 Å². The number of carbonyl (C=O) groups excluding carboxylic acids is 1. The van der Waals surface area contributed by atoms with Gasteiger partial charge in [-0.05, 0) is 63.1 Å². The molecule has 0 amide bonds. The van der Waals surface area contributed by atoms with Crippen LogP contribution in [0.15, 0.2) is 30.0 Å². The van der Waals surface area contributed by atoms with Gasteiger partial charge in [-0.3, -0.25) is 0 Å². The molecule has 0 aliphatic rings. The second kappa shape index (κ2) is 7.15. The van der Waals surface area contributed by atoms with Crippen molar-refractivity contribution in [3.63, 3.8) is 0 Å². The van der Waals surface area contributed by atoms with Crippen molar-refractivity contribution in [1.82, 2.24) is 0 Å². The fourth-order valence-electron chi connectivity index (χ4n) is 1.64. The summed E-state index contributed by atoms with van der Waals surface area (Å²) in [5, 5.41) is 0. The minimum absolute atomic E-state index is 0.284. The Kier molecular flexibility index (Phi) is 6.02. The number of rotatable bonds is 6. The Hall–Kier alpha value is -1.54. The summed E-state index contributed by atoms with van der Waals surface area (Å²) in [7, 11) is -2.25. The lowest BCUT2D eigenvalue weighted by atomic mass is 10.2. The smallest absolute Gasteiger partial charge is 0.358 e. The van der Waals surface area contributed by atoms with Crippen LogP contribution in [0.2, 0.25) is 39.3 Å². The first kappa shape index (κ1) is 18.5. The van der Waals surface area contributed by atoms with Gasteiger partial charge in [0, 0.05) is 0 Å². The van der Waals surface area contributed by atoms with E-state index in [9.17, 15) is 4.79 Å². The average molecular weight is 339 g/mol. The van der Waals surface area contributed by atoms with Crippen LogP contribution in [-0.4, -0.2) is 29.7 Å². The average Bonchev–Trinajstić information content (AvgIpc) is 2.35. The molecule has 1 aromatic carbocycles.